The Morgan fingerprint density at radius 1 is 1.31 bits per heavy atom. The lowest BCUT2D eigenvalue weighted by Crippen LogP contribution is -2.45. The van der Waals surface area contributed by atoms with E-state index in [4.69, 9.17) is 4.74 Å². The molecule has 0 bridgehead atoms. The summed E-state index contributed by atoms with van der Waals surface area (Å²) in [5.74, 6) is -2.02. The normalized spacial score (nSPS) is 18.3. The first-order chi connectivity index (χ1) is 12.3. The SMILES string of the molecule is CCOC(=O)[C@@H]1CCCN(S(=O)(=O)CCNC(=O)c2ccc(F)cc2)C1. The van der Waals surface area contributed by atoms with Crippen molar-refractivity contribution in [1.29, 1.82) is 0 Å². The van der Waals surface area contributed by atoms with E-state index >= 15 is 0 Å². The average Bonchev–Trinajstić information content (AvgIpc) is 2.62. The van der Waals surface area contributed by atoms with E-state index in [2.05, 4.69) is 5.32 Å². The molecule has 1 atom stereocenters. The van der Waals surface area contributed by atoms with Crippen molar-refractivity contribution in [2.45, 2.75) is 19.8 Å². The number of sulfonamides is 1. The topological polar surface area (TPSA) is 92.8 Å². The highest BCUT2D eigenvalue weighted by atomic mass is 32.2. The van der Waals surface area contributed by atoms with E-state index in [1.54, 1.807) is 6.92 Å². The van der Waals surface area contributed by atoms with Gasteiger partial charge in [0.1, 0.15) is 5.82 Å². The highest BCUT2D eigenvalue weighted by molar-refractivity contribution is 7.89. The van der Waals surface area contributed by atoms with Gasteiger partial charge in [-0.1, -0.05) is 0 Å². The molecule has 0 unspecified atom stereocenters. The Morgan fingerprint density at radius 2 is 2.00 bits per heavy atom. The predicted molar refractivity (Wildman–Crippen MR) is 93.5 cm³/mol. The van der Waals surface area contributed by atoms with Gasteiger partial charge < -0.3 is 10.1 Å². The number of amides is 1. The van der Waals surface area contributed by atoms with Crippen LogP contribution in [0.5, 0.6) is 0 Å². The molecule has 1 heterocycles. The number of ether oxygens (including phenoxy) is 1. The summed E-state index contributed by atoms with van der Waals surface area (Å²) in [4.78, 5) is 23.8. The molecule has 1 aromatic carbocycles. The molecule has 1 N–H and O–H groups in total. The number of benzene rings is 1. The summed E-state index contributed by atoms with van der Waals surface area (Å²) in [5.41, 5.74) is 0.254. The van der Waals surface area contributed by atoms with Crippen molar-refractivity contribution in [2.24, 2.45) is 5.92 Å². The second-order valence-electron chi connectivity index (χ2n) is 6.03. The van der Waals surface area contributed by atoms with Crippen LogP contribution in [-0.2, 0) is 19.6 Å². The standard InChI is InChI=1S/C17H23FN2O5S/c1-2-25-17(22)14-4-3-10-20(12-14)26(23,24)11-9-19-16(21)13-5-7-15(18)8-6-13/h5-8,14H,2-4,9-12H2,1H3,(H,19,21)/t14-/m1/s1. The van der Waals surface area contributed by atoms with Crippen LogP contribution in [-0.4, -0.2) is 56.6 Å². The van der Waals surface area contributed by atoms with E-state index in [1.165, 1.54) is 16.4 Å². The lowest BCUT2D eigenvalue weighted by Gasteiger charge is -2.30. The zero-order valence-electron chi connectivity index (χ0n) is 14.6. The summed E-state index contributed by atoms with van der Waals surface area (Å²) in [6.07, 6.45) is 1.19. The Labute approximate surface area is 152 Å². The van der Waals surface area contributed by atoms with Crippen molar-refractivity contribution >= 4 is 21.9 Å². The molecule has 0 radical (unpaired) electrons. The van der Waals surface area contributed by atoms with Crippen molar-refractivity contribution < 1.29 is 27.1 Å². The molecular weight excluding hydrogens is 363 g/mol. The molecule has 26 heavy (non-hydrogen) atoms. The minimum absolute atomic E-state index is 0.0703. The van der Waals surface area contributed by atoms with Crippen LogP contribution >= 0.6 is 0 Å². The average molecular weight is 386 g/mol. The molecular formula is C17H23FN2O5S. The van der Waals surface area contributed by atoms with Gasteiger partial charge >= 0.3 is 5.97 Å². The zero-order valence-corrected chi connectivity index (χ0v) is 15.4. The van der Waals surface area contributed by atoms with E-state index in [-0.39, 0.29) is 37.0 Å². The van der Waals surface area contributed by atoms with E-state index in [0.29, 0.717) is 19.4 Å². The van der Waals surface area contributed by atoms with Gasteiger partial charge in [-0.2, -0.15) is 0 Å². The summed E-state index contributed by atoms with van der Waals surface area (Å²) in [7, 11) is -3.60. The number of rotatable bonds is 7. The second kappa shape index (κ2) is 9.09. The minimum Gasteiger partial charge on any atom is -0.466 e. The Hall–Kier alpha value is -2.00. The van der Waals surface area contributed by atoms with Gasteiger partial charge in [-0.05, 0) is 44.0 Å². The van der Waals surface area contributed by atoms with Gasteiger partial charge in [0.05, 0.1) is 18.3 Å². The van der Waals surface area contributed by atoms with Crippen LogP contribution < -0.4 is 5.32 Å². The predicted octanol–water partition coefficient (Wildman–Crippen LogP) is 1.16. The third kappa shape index (κ3) is 5.50. The molecule has 0 spiro atoms. The maximum atomic E-state index is 12.9. The third-order valence-corrected chi connectivity index (χ3v) is 5.99. The number of carbonyl (C=O) groups is 2. The number of hydrogen-bond acceptors (Lipinski definition) is 5. The largest absolute Gasteiger partial charge is 0.466 e. The van der Waals surface area contributed by atoms with Gasteiger partial charge in [-0.25, -0.2) is 17.1 Å². The molecule has 7 nitrogen and oxygen atoms in total. The fourth-order valence-corrected chi connectivity index (χ4v) is 4.21. The fraction of sp³-hybridized carbons (Fsp3) is 0.529. The molecule has 0 aliphatic carbocycles. The number of nitrogens with zero attached hydrogens (tertiary/aromatic N) is 1. The van der Waals surface area contributed by atoms with Gasteiger partial charge in [0.25, 0.3) is 5.91 Å². The van der Waals surface area contributed by atoms with Crippen LogP contribution in [0, 0.1) is 11.7 Å². The van der Waals surface area contributed by atoms with Crippen LogP contribution in [0.4, 0.5) is 4.39 Å². The van der Waals surface area contributed by atoms with E-state index in [0.717, 1.165) is 12.1 Å². The molecule has 1 aliphatic heterocycles. The number of piperidine rings is 1. The summed E-state index contributed by atoms with van der Waals surface area (Å²) in [6, 6.07) is 4.98. The van der Waals surface area contributed by atoms with E-state index < -0.39 is 27.7 Å². The highest BCUT2D eigenvalue weighted by Crippen LogP contribution is 2.20. The van der Waals surface area contributed by atoms with Crippen LogP contribution in [0.3, 0.4) is 0 Å². The van der Waals surface area contributed by atoms with Gasteiger partial charge in [-0.3, -0.25) is 9.59 Å². The quantitative estimate of drug-likeness (QED) is 0.710. The van der Waals surface area contributed by atoms with Crippen LogP contribution in [0.25, 0.3) is 0 Å². The second-order valence-corrected chi connectivity index (χ2v) is 8.12. The lowest BCUT2D eigenvalue weighted by molar-refractivity contribution is -0.149. The molecule has 1 aliphatic rings. The van der Waals surface area contributed by atoms with Crippen molar-refractivity contribution in [1.82, 2.24) is 9.62 Å². The summed E-state index contributed by atoms with van der Waals surface area (Å²) < 4.78 is 44.0. The maximum absolute atomic E-state index is 12.9. The first-order valence-electron chi connectivity index (χ1n) is 8.51. The lowest BCUT2D eigenvalue weighted by atomic mass is 10.0. The Bertz CT molecular complexity index is 736. The van der Waals surface area contributed by atoms with Gasteiger partial charge in [-0.15, -0.1) is 0 Å². The maximum Gasteiger partial charge on any atom is 0.310 e. The van der Waals surface area contributed by atoms with Crippen molar-refractivity contribution in [3.05, 3.63) is 35.6 Å². The van der Waals surface area contributed by atoms with E-state index in [1.807, 2.05) is 0 Å². The summed E-state index contributed by atoms with van der Waals surface area (Å²) in [6.45, 7) is 2.35. The molecule has 9 heteroatoms. The molecule has 1 aromatic rings. The van der Waals surface area contributed by atoms with E-state index in [9.17, 15) is 22.4 Å². The van der Waals surface area contributed by atoms with Gasteiger partial charge in [0.15, 0.2) is 0 Å². The molecule has 0 saturated carbocycles. The first-order valence-corrected chi connectivity index (χ1v) is 10.1. The van der Waals surface area contributed by atoms with Crippen molar-refractivity contribution in [3.63, 3.8) is 0 Å². The molecule has 1 amide bonds. The summed E-state index contributed by atoms with van der Waals surface area (Å²) >= 11 is 0. The number of nitrogens with one attached hydrogen (secondary N) is 1. The number of esters is 1. The van der Waals surface area contributed by atoms with Gasteiger partial charge in [0, 0.05) is 25.2 Å². The number of carbonyl (C=O) groups excluding carboxylic acids is 2. The van der Waals surface area contributed by atoms with Crippen LogP contribution in [0.1, 0.15) is 30.1 Å². The van der Waals surface area contributed by atoms with Crippen molar-refractivity contribution in [3.8, 4) is 0 Å². The molecule has 1 saturated heterocycles. The van der Waals surface area contributed by atoms with Crippen LogP contribution in [0.2, 0.25) is 0 Å². The number of halogens is 1. The smallest absolute Gasteiger partial charge is 0.310 e. The van der Waals surface area contributed by atoms with Gasteiger partial charge in [0.2, 0.25) is 10.0 Å². The molecule has 0 aromatic heterocycles. The van der Waals surface area contributed by atoms with Crippen LogP contribution in [0.15, 0.2) is 24.3 Å². The molecule has 144 valence electrons. The number of hydrogen-bond donors (Lipinski definition) is 1. The zero-order chi connectivity index (χ0) is 19.2. The third-order valence-electron chi connectivity index (χ3n) is 4.15. The first kappa shape index (κ1) is 20.3. The Balaban J connectivity index is 1.86. The monoisotopic (exact) mass is 386 g/mol. The minimum atomic E-state index is -3.60. The molecule has 2 rings (SSSR count). The summed E-state index contributed by atoms with van der Waals surface area (Å²) in [5, 5.41) is 2.51. The molecule has 1 fully saturated rings. The van der Waals surface area contributed by atoms with Crippen molar-refractivity contribution in [2.75, 3.05) is 32.0 Å². The Kier molecular flexibility index (Phi) is 7.10. The Morgan fingerprint density at radius 3 is 2.65 bits per heavy atom. The highest BCUT2D eigenvalue weighted by Gasteiger charge is 2.32. The fourth-order valence-electron chi connectivity index (χ4n) is 2.77.